The van der Waals surface area contributed by atoms with Gasteiger partial charge in [0.2, 0.25) is 0 Å². The molecule has 6 rings (SSSR count). The molecule has 3 heteroatoms. The van der Waals surface area contributed by atoms with Gasteiger partial charge >= 0.3 is 20.4 Å². The summed E-state index contributed by atoms with van der Waals surface area (Å²) in [7, 11) is 0. The van der Waals surface area contributed by atoms with Crippen LogP contribution in [0.4, 0.5) is 11.4 Å². The fourth-order valence-electron chi connectivity index (χ4n) is 4.37. The summed E-state index contributed by atoms with van der Waals surface area (Å²) < 4.78 is 0. The van der Waals surface area contributed by atoms with E-state index >= 15 is 0 Å². The van der Waals surface area contributed by atoms with Gasteiger partial charge in [-0.1, -0.05) is 72.8 Å². The zero-order chi connectivity index (χ0) is 22.7. The zero-order valence-electron chi connectivity index (χ0n) is 18.8. The Morgan fingerprint density at radius 2 is 0.943 bits per heavy atom. The minimum absolute atomic E-state index is 0. The molecule has 0 aliphatic heterocycles. The van der Waals surface area contributed by atoms with E-state index in [1.54, 1.807) is 0 Å². The van der Waals surface area contributed by atoms with Crippen LogP contribution in [0.15, 0.2) is 119 Å². The van der Waals surface area contributed by atoms with Gasteiger partial charge in [0.05, 0.1) is 11.4 Å². The molecule has 35 heavy (non-hydrogen) atoms. The summed E-state index contributed by atoms with van der Waals surface area (Å²) in [6.45, 7) is 0. The van der Waals surface area contributed by atoms with Gasteiger partial charge in [-0.15, -0.1) is 69.1 Å². The Balaban J connectivity index is 0.00000253. The SMILES string of the molecule is [Pd+2].[c-]1ccc2ccccc2c1C=Nc1cccc2cccc(N=Cc3[c-]ccc4ccccc34)c12. The molecule has 2 nitrogen and oxygen atoms in total. The average Bonchev–Trinajstić information content (AvgIpc) is 2.90. The van der Waals surface area contributed by atoms with Crippen molar-refractivity contribution in [2.45, 2.75) is 0 Å². The third-order valence-electron chi connectivity index (χ3n) is 6.03. The van der Waals surface area contributed by atoms with Crippen molar-refractivity contribution in [1.29, 1.82) is 0 Å². The topological polar surface area (TPSA) is 24.7 Å². The first-order valence-corrected chi connectivity index (χ1v) is 11.3. The average molecular weight is 539 g/mol. The van der Waals surface area contributed by atoms with Crippen molar-refractivity contribution in [2.75, 3.05) is 0 Å². The molecule has 0 saturated heterocycles. The van der Waals surface area contributed by atoms with Gasteiger partial charge in [0.1, 0.15) is 0 Å². The number of rotatable bonds is 4. The second-order valence-electron chi connectivity index (χ2n) is 8.13. The summed E-state index contributed by atoms with van der Waals surface area (Å²) in [5, 5.41) is 6.76. The maximum Gasteiger partial charge on any atom is 2.00 e. The van der Waals surface area contributed by atoms with Crippen LogP contribution in [0, 0.1) is 12.1 Å². The van der Waals surface area contributed by atoms with Gasteiger partial charge in [-0.2, -0.15) is 0 Å². The van der Waals surface area contributed by atoms with Gasteiger partial charge in [0.25, 0.3) is 0 Å². The van der Waals surface area contributed by atoms with Crippen molar-refractivity contribution in [3.8, 4) is 0 Å². The van der Waals surface area contributed by atoms with Gasteiger partial charge in [-0.05, 0) is 29.9 Å². The third-order valence-corrected chi connectivity index (χ3v) is 6.03. The number of benzene rings is 6. The second-order valence-corrected chi connectivity index (χ2v) is 8.13. The van der Waals surface area contributed by atoms with E-state index in [0.29, 0.717) is 0 Å². The van der Waals surface area contributed by atoms with E-state index in [0.717, 1.165) is 44.0 Å². The first-order chi connectivity index (χ1) is 16.9. The Bertz CT molecular complexity index is 1580. The Morgan fingerprint density at radius 3 is 1.46 bits per heavy atom. The van der Waals surface area contributed by atoms with Crippen molar-refractivity contribution in [2.24, 2.45) is 9.98 Å². The predicted octanol–water partition coefficient (Wildman–Crippen LogP) is 8.25. The van der Waals surface area contributed by atoms with Crippen LogP contribution in [-0.4, -0.2) is 12.4 Å². The normalized spacial score (nSPS) is 11.5. The van der Waals surface area contributed by atoms with Crippen LogP contribution < -0.4 is 0 Å². The number of hydrogen-bond acceptors (Lipinski definition) is 2. The molecule has 0 atom stereocenters. The molecular formula is C32H20N2Pd. The van der Waals surface area contributed by atoms with Crippen molar-refractivity contribution < 1.29 is 20.4 Å². The molecule has 0 aliphatic rings. The quantitative estimate of drug-likeness (QED) is 0.123. The second kappa shape index (κ2) is 10.2. The molecule has 0 N–H and O–H groups in total. The summed E-state index contributed by atoms with van der Waals surface area (Å²) in [6.07, 6.45) is 3.80. The number of nitrogens with zero attached hydrogens (tertiary/aromatic N) is 2. The van der Waals surface area contributed by atoms with Crippen LogP contribution in [0.3, 0.4) is 0 Å². The Labute approximate surface area is 218 Å². The molecule has 0 fully saturated rings. The number of fused-ring (bicyclic) bond motifs is 3. The maximum atomic E-state index is 4.88. The minimum atomic E-state index is 0. The van der Waals surface area contributed by atoms with Crippen LogP contribution in [0.1, 0.15) is 11.1 Å². The summed E-state index contributed by atoms with van der Waals surface area (Å²) in [5.74, 6) is 0. The molecule has 0 aliphatic carbocycles. The van der Waals surface area contributed by atoms with Crippen molar-refractivity contribution in [1.82, 2.24) is 0 Å². The van der Waals surface area contributed by atoms with Crippen LogP contribution in [-0.2, 0) is 20.4 Å². The largest absolute Gasteiger partial charge is 2.00 e. The molecule has 0 spiro atoms. The van der Waals surface area contributed by atoms with E-state index in [2.05, 4.69) is 60.7 Å². The van der Waals surface area contributed by atoms with Gasteiger partial charge < -0.3 is 9.98 Å². The summed E-state index contributed by atoms with van der Waals surface area (Å²) in [6, 6.07) is 43.6. The summed E-state index contributed by atoms with van der Waals surface area (Å²) in [5.41, 5.74) is 3.71. The van der Waals surface area contributed by atoms with Gasteiger partial charge in [-0.25, -0.2) is 0 Å². The molecule has 6 aromatic carbocycles. The minimum Gasteiger partial charge on any atom is -0.304 e. The van der Waals surface area contributed by atoms with Crippen molar-refractivity contribution in [3.63, 3.8) is 0 Å². The Kier molecular flexibility index (Phi) is 6.64. The molecule has 0 heterocycles. The first kappa shape index (κ1) is 22.9. The Morgan fingerprint density at radius 1 is 0.486 bits per heavy atom. The fourth-order valence-corrected chi connectivity index (χ4v) is 4.37. The Hall–Kier alpha value is -3.90. The van der Waals surface area contributed by atoms with Crippen molar-refractivity contribution >= 4 is 56.1 Å². The maximum absolute atomic E-state index is 4.88. The van der Waals surface area contributed by atoms with E-state index in [4.69, 9.17) is 9.98 Å². The van der Waals surface area contributed by atoms with Crippen LogP contribution in [0.2, 0.25) is 0 Å². The third kappa shape index (κ3) is 4.57. The molecular weight excluding hydrogens is 519 g/mol. The monoisotopic (exact) mass is 538 g/mol. The molecule has 0 unspecified atom stereocenters. The molecule has 0 aromatic heterocycles. The van der Waals surface area contributed by atoms with Gasteiger partial charge in [0.15, 0.2) is 0 Å². The van der Waals surface area contributed by atoms with E-state index in [9.17, 15) is 0 Å². The van der Waals surface area contributed by atoms with E-state index in [1.807, 2.05) is 73.1 Å². The van der Waals surface area contributed by atoms with E-state index < -0.39 is 0 Å². The summed E-state index contributed by atoms with van der Waals surface area (Å²) in [4.78, 5) is 9.76. The van der Waals surface area contributed by atoms with Gasteiger partial charge in [-0.3, -0.25) is 0 Å². The summed E-state index contributed by atoms with van der Waals surface area (Å²) >= 11 is 0. The number of hydrogen-bond donors (Lipinski definition) is 0. The van der Waals surface area contributed by atoms with E-state index in [-0.39, 0.29) is 20.4 Å². The molecule has 0 bridgehead atoms. The molecule has 0 saturated carbocycles. The zero-order valence-corrected chi connectivity index (χ0v) is 20.3. The van der Waals surface area contributed by atoms with E-state index in [1.165, 1.54) is 10.8 Å². The predicted molar refractivity (Wildman–Crippen MR) is 144 cm³/mol. The smallest absolute Gasteiger partial charge is 0.304 e. The van der Waals surface area contributed by atoms with Crippen molar-refractivity contribution in [3.05, 3.63) is 132 Å². The fraction of sp³-hybridized carbons (Fsp3) is 0. The van der Waals surface area contributed by atoms with Crippen LogP contribution in [0.5, 0.6) is 0 Å². The van der Waals surface area contributed by atoms with Crippen LogP contribution in [0.25, 0.3) is 32.3 Å². The van der Waals surface area contributed by atoms with Gasteiger partial charge in [0, 0.05) is 5.39 Å². The van der Waals surface area contributed by atoms with Crippen LogP contribution >= 0.6 is 0 Å². The molecule has 168 valence electrons. The molecule has 0 radical (unpaired) electrons. The molecule has 6 aromatic rings. The standard InChI is InChI=1S/C32H20N2.Pd/c1-3-17-28-23(9-1)11-5-15-26(28)21-33-30-19-7-13-25-14-8-20-31(32(25)30)34-22-27-16-6-12-24-10-2-4-18-29(24)27;/h1-14,17-22H;/q-2;+2. The first-order valence-electron chi connectivity index (χ1n) is 11.3. The molecule has 0 amide bonds. The number of aliphatic imine (C=N–C) groups is 2.